The molecule has 1 aliphatic heterocycles. The van der Waals surface area contributed by atoms with Gasteiger partial charge in [-0.15, -0.1) is 0 Å². The number of benzene rings is 3. The Morgan fingerprint density at radius 2 is 1.67 bits per heavy atom. The van der Waals surface area contributed by atoms with Gasteiger partial charge in [-0.05, 0) is 49.7 Å². The zero-order valence-electron chi connectivity index (χ0n) is 19.0. The van der Waals surface area contributed by atoms with Crippen LogP contribution >= 0.6 is 0 Å². The fourth-order valence-electron chi connectivity index (χ4n) is 3.67. The van der Waals surface area contributed by atoms with Crippen LogP contribution in [0.2, 0.25) is 0 Å². The summed E-state index contributed by atoms with van der Waals surface area (Å²) < 4.78 is 16.3. The molecule has 0 saturated carbocycles. The lowest BCUT2D eigenvalue weighted by Crippen LogP contribution is -2.44. The van der Waals surface area contributed by atoms with Gasteiger partial charge >= 0.3 is 0 Å². The molecule has 1 heterocycles. The van der Waals surface area contributed by atoms with E-state index < -0.39 is 6.10 Å². The molecule has 0 aromatic heterocycles. The highest BCUT2D eigenvalue weighted by Gasteiger charge is 2.32. The SMILES string of the molecule is COc1cc(OC)cc(C(=O)Nc2ccc3c(c2)N(Cc2ccc(C)cc2)C(=O)C(C)O3)c1. The zero-order chi connectivity index (χ0) is 23.5. The molecule has 1 N–H and O–H groups in total. The van der Waals surface area contributed by atoms with E-state index in [9.17, 15) is 9.59 Å². The molecule has 2 amide bonds. The first-order valence-corrected chi connectivity index (χ1v) is 10.6. The van der Waals surface area contributed by atoms with E-state index in [0.717, 1.165) is 11.1 Å². The first-order valence-electron chi connectivity index (χ1n) is 10.6. The lowest BCUT2D eigenvalue weighted by Gasteiger charge is -2.33. The Bertz CT molecular complexity index is 1170. The van der Waals surface area contributed by atoms with Crippen molar-refractivity contribution >= 4 is 23.2 Å². The van der Waals surface area contributed by atoms with Crippen LogP contribution in [0.15, 0.2) is 60.7 Å². The van der Waals surface area contributed by atoms with E-state index in [-0.39, 0.29) is 11.8 Å². The van der Waals surface area contributed by atoms with E-state index in [2.05, 4.69) is 5.32 Å². The molecule has 0 aliphatic carbocycles. The third kappa shape index (κ3) is 4.77. The van der Waals surface area contributed by atoms with E-state index in [1.54, 1.807) is 48.2 Å². The first-order chi connectivity index (χ1) is 15.9. The van der Waals surface area contributed by atoms with Crippen molar-refractivity contribution in [3.05, 3.63) is 77.4 Å². The third-order valence-corrected chi connectivity index (χ3v) is 5.50. The van der Waals surface area contributed by atoms with Crippen molar-refractivity contribution < 1.29 is 23.8 Å². The molecule has 0 radical (unpaired) electrons. The Hall–Kier alpha value is -4.00. The second kappa shape index (κ2) is 9.24. The van der Waals surface area contributed by atoms with E-state index in [1.807, 2.05) is 31.2 Å². The van der Waals surface area contributed by atoms with Gasteiger partial charge in [-0.3, -0.25) is 9.59 Å². The number of amides is 2. The molecule has 0 fully saturated rings. The lowest BCUT2D eigenvalue weighted by atomic mass is 10.1. The lowest BCUT2D eigenvalue weighted by molar-refractivity contribution is -0.125. The van der Waals surface area contributed by atoms with E-state index in [0.29, 0.717) is 40.7 Å². The number of nitrogens with zero attached hydrogens (tertiary/aromatic N) is 1. The summed E-state index contributed by atoms with van der Waals surface area (Å²) in [6, 6.07) is 18.3. The number of hydrogen-bond acceptors (Lipinski definition) is 5. The summed E-state index contributed by atoms with van der Waals surface area (Å²) >= 11 is 0. The van der Waals surface area contributed by atoms with Gasteiger partial charge in [0.25, 0.3) is 11.8 Å². The molecule has 0 spiro atoms. The maximum absolute atomic E-state index is 12.9. The van der Waals surface area contributed by atoms with E-state index >= 15 is 0 Å². The fraction of sp³-hybridized carbons (Fsp3) is 0.231. The summed E-state index contributed by atoms with van der Waals surface area (Å²) in [5, 5.41) is 2.89. The number of carbonyl (C=O) groups is 2. The van der Waals surface area contributed by atoms with Crippen LogP contribution in [0.5, 0.6) is 17.2 Å². The van der Waals surface area contributed by atoms with Crippen molar-refractivity contribution in [2.24, 2.45) is 0 Å². The number of ether oxygens (including phenoxy) is 3. The van der Waals surface area contributed by atoms with Gasteiger partial charge in [-0.2, -0.15) is 0 Å². The molecule has 0 saturated heterocycles. The van der Waals surface area contributed by atoms with Gasteiger partial charge < -0.3 is 24.4 Å². The maximum atomic E-state index is 12.9. The smallest absolute Gasteiger partial charge is 0.268 e. The van der Waals surface area contributed by atoms with Gasteiger partial charge in [0.15, 0.2) is 6.10 Å². The standard InChI is InChI=1S/C26H26N2O5/c1-16-5-7-18(8-6-16)15-28-23-13-20(9-10-24(23)33-17(2)26(28)30)27-25(29)19-11-21(31-3)14-22(12-19)32-4/h5-14,17H,15H2,1-4H3,(H,27,29). The minimum absolute atomic E-state index is 0.135. The maximum Gasteiger partial charge on any atom is 0.268 e. The van der Waals surface area contributed by atoms with E-state index in [1.165, 1.54) is 14.2 Å². The number of anilines is 2. The van der Waals surface area contributed by atoms with Crippen molar-refractivity contribution in [1.82, 2.24) is 0 Å². The van der Waals surface area contributed by atoms with Crippen molar-refractivity contribution in [2.75, 3.05) is 24.4 Å². The molecule has 3 aromatic carbocycles. The molecule has 3 aromatic rings. The predicted octanol–water partition coefficient (Wildman–Crippen LogP) is 4.58. The largest absolute Gasteiger partial charge is 0.497 e. The van der Waals surface area contributed by atoms with Crippen molar-refractivity contribution in [3.8, 4) is 17.2 Å². The summed E-state index contributed by atoms with van der Waals surface area (Å²) in [7, 11) is 3.06. The number of hydrogen-bond donors (Lipinski definition) is 1. The summed E-state index contributed by atoms with van der Waals surface area (Å²) in [4.78, 5) is 27.5. The second-order valence-electron chi connectivity index (χ2n) is 7.91. The highest BCUT2D eigenvalue weighted by molar-refractivity contribution is 6.06. The molecule has 0 bridgehead atoms. The zero-order valence-corrected chi connectivity index (χ0v) is 19.0. The molecule has 33 heavy (non-hydrogen) atoms. The van der Waals surface area contributed by atoms with Crippen LogP contribution in [0.4, 0.5) is 11.4 Å². The molecule has 4 rings (SSSR count). The Morgan fingerprint density at radius 1 is 1.00 bits per heavy atom. The van der Waals surface area contributed by atoms with Crippen LogP contribution in [0.1, 0.15) is 28.4 Å². The molecule has 1 atom stereocenters. The van der Waals surface area contributed by atoms with Gasteiger partial charge in [0.2, 0.25) is 0 Å². The highest BCUT2D eigenvalue weighted by Crippen LogP contribution is 2.37. The third-order valence-electron chi connectivity index (χ3n) is 5.50. The number of fused-ring (bicyclic) bond motifs is 1. The summed E-state index contributed by atoms with van der Waals surface area (Å²) in [6.45, 7) is 4.16. The van der Waals surface area contributed by atoms with Crippen LogP contribution in [0.3, 0.4) is 0 Å². The Balaban J connectivity index is 1.62. The summed E-state index contributed by atoms with van der Waals surface area (Å²) in [5.41, 5.74) is 3.70. The molecular weight excluding hydrogens is 420 g/mol. The molecular formula is C26H26N2O5. The molecule has 1 aliphatic rings. The van der Waals surface area contributed by atoms with Gasteiger partial charge in [0, 0.05) is 17.3 Å². The predicted molar refractivity (Wildman–Crippen MR) is 126 cm³/mol. The average Bonchev–Trinajstić information content (AvgIpc) is 2.83. The van der Waals surface area contributed by atoms with Gasteiger partial charge in [0.1, 0.15) is 17.2 Å². The molecule has 7 heteroatoms. The highest BCUT2D eigenvalue weighted by atomic mass is 16.5. The van der Waals surface area contributed by atoms with Gasteiger partial charge in [-0.1, -0.05) is 29.8 Å². The number of rotatable bonds is 6. The van der Waals surface area contributed by atoms with Crippen molar-refractivity contribution in [3.63, 3.8) is 0 Å². The summed E-state index contributed by atoms with van der Waals surface area (Å²) in [5.74, 6) is 1.16. The van der Waals surface area contributed by atoms with Gasteiger partial charge in [0.05, 0.1) is 26.5 Å². The van der Waals surface area contributed by atoms with Crippen LogP contribution in [-0.2, 0) is 11.3 Å². The molecule has 170 valence electrons. The fourth-order valence-corrected chi connectivity index (χ4v) is 3.67. The van der Waals surface area contributed by atoms with E-state index in [4.69, 9.17) is 14.2 Å². The van der Waals surface area contributed by atoms with Crippen molar-refractivity contribution in [2.45, 2.75) is 26.5 Å². The van der Waals surface area contributed by atoms with Crippen LogP contribution in [0, 0.1) is 6.92 Å². The molecule has 1 unspecified atom stereocenters. The van der Waals surface area contributed by atoms with Crippen LogP contribution in [0.25, 0.3) is 0 Å². The number of methoxy groups -OCH3 is 2. The summed E-state index contributed by atoms with van der Waals surface area (Å²) in [6.07, 6.45) is -0.590. The van der Waals surface area contributed by atoms with Crippen LogP contribution < -0.4 is 24.4 Å². The Kier molecular flexibility index (Phi) is 6.22. The normalized spacial score (nSPS) is 14.8. The first kappa shape index (κ1) is 22.2. The Labute approximate surface area is 192 Å². The monoisotopic (exact) mass is 446 g/mol. The second-order valence-corrected chi connectivity index (χ2v) is 7.91. The topological polar surface area (TPSA) is 77.1 Å². The molecule has 7 nitrogen and oxygen atoms in total. The minimum atomic E-state index is -0.590. The minimum Gasteiger partial charge on any atom is -0.497 e. The quantitative estimate of drug-likeness (QED) is 0.600. The number of aryl methyl sites for hydroxylation is 1. The average molecular weight is 447 g/mol. The van der Waals surface area contributed by atoms with Crippen LogP contribution in [-0.4, -0.2) is 32.1 Å². The number of nitrogens with one attached hydrogen (secondary N) is 1. The Morgan fingerprint density at radius 3 is 2.30 bits per heavy atom. The number of carbonyl (C=O) groups excluding carboxylic acids is 2. The van der Waals surface area contributed by atoms with Gasteiger partial charge in [-0.25, -0.2) is 0 Å². The van der Waals surface area contributed by atoms with Crippen molar-refractivity contribution in [1.29, 1.82) is 0 Å².